The minimum Gasteiger partial charge on any atom is -0.316 e. The molecule has 0 spiro atoms. The van der Waals surface area contributed by atoms with Crippen molar-refractivity contribution in [3.05, 3.63) is 48.6 Å². The molecule has 0 aliphatic carbocycles. The SMILES string of the molecule is Fc1ccc(N2C=CC=CC2Br)nc1. The lowest BCUT2D eigenvalue weighted by atomic mass is 10.3. The van der Waals surface area contributed by atoms with E-state index in [1.54, 1.807) is 6.07 Å². The maximum absolute atomic E-state index is 12.6. The van der Waals surface area contributed by atoms with Gasteiger partial charge in [0.15, 0.2) is 0 Å². The third kappa shape index (κ3) is 1.85. The lowest BCUT2D eigenvalue weighted by Crippen LogP contribution is -2.25. The largest absolute Gasteiger partial charge is 0.316 e. The number of allylic oxidation sites excluding steroid dienone is 2. The monoisotopic (exact) mass is 254 g/mol. The van der Waals surface area contributed by atoms with Crippen LogP contribution in [0.4, 0.5) is 10.2 Å². The maximum atomic E-state index is 12.6. The molecule has 1 aromatic rings. The zero-order valence-corrected chi connectivity index (χ0v) is 8.86. The zero-order chi connectivity index (χ0) is 9.97. The molecule has 14 heavy (non-hydrogen) atoms. The predicted octanol–water partition coefficient (Wildman–Crippen LogP) is 2.83. The Labute approximate surface area is 89.9 Å². The van der Waals surface area contributed by atoms with Gasteiger partial charge in [0.25, 0.3) is 0 Å². The van der Waals surface area contributed by atoms with Crippen LogP contribution in [0.3, 0.4) is 0 Å². The summed E-state index contributed by atoms with van der Waals surface area (Å²) in [6, 6.07) is 3.04. The van der Waals surface area contributed by atoms with Crippen LogP contribution in [0.2, 0.25) is 0 Å². The van der Waals surface area contributed by atoms with E-state index < -0.39 is 0 Å². The maximum Gasteiger partial charge on any atom is 0.141 e. The van der Waals surface area contributed by atoms with E-state index in [2.05, 4.69) is 20.9 Å². The van der Waals surface area contributed by atoms with E-state index in [0.717, 1.165) is 0 Å². The van der Waals surface area contributed by atoms with Crippen LogP contribution in [0.5, 0.6) is 0 Å². The van der Waals surface area contributed by atoms with Crippen LogP contribution in [0, 0.1) is 5.82 Å². The van der Waals surface area contributed by atoms with Gasteiger partial charge in [0.05, 0.1) is 6.20 Å². The summed E-state index contributed by atoms with van der Waals surface area (Å²) in [6.07, 6.45) is 8.92. The number of hydrogen-bond donors (Lipinski definition) is 0. The summed E-state index contributed by atoms with van der Waals surface area (Å²) in [4.78, 5) is 5.96. The van der Waals surface area contributed by atoms with E-state index in [1.165, 1.54) is 12.3 Å². The Balaban J connectivity index is 2.27. The fourth-order valence-electron chi connectivity index (χ4n) is 1.20. The highest BCUT2D eigenvalue weighted by molar-refractivity contribution is 9.09. The Morgan fingerprint density at radius 2 is 2.21 bits per heavy atom. The minimum atomic E-state index is -0.323. The van der Waals surface area contributed by atoms with Gasteiger partial charge < -0.3 is 4.90 Å². The summed E-state index contributed by atoms with van der Waals surface area (Å²) in [5.74, 6) is 0.394. The molecule has 0 saturated heterocycles. The fraction of sp³-hybridized carbons (Fsp3) is 0.100. The first kappa shape index (κ1) is 9.40. The quantitative estimate of drug-likeness (QED) is 0.566. The molecule has 0 aromatic carbocycles. The summed E-state index contributed by atoms with van der Waals surface area (Å²) < 4.78 is 12.6. The second kappa shape index (κ2) is 3.92. The van der Waals surface area contributed by atoms with Gasteiger partial charge in [-0.05, 0) is 18.2 Å². The molecule has 1 aliphatic rings. The number of aromatic nitrogens is 1. The van der Waals surface area contributed by atoms with Crippen molar-refractivity contribution < 1.29 is 4.39 Å². The number of halogens is 2. The number of rotatable bonds is 1. The molecule has 0 N–H and O–H groups in total. The van der Waals surface area contributed by atoms with E-state index in [0.29, 0.717) is 5.82 Å². The Kier molecular flexibility index (Phi) is 2.63. The predicted molar refractivity (Wildman–Crippen MR) is 57.7 cm³/mol. The Bertz CT molecular complexity index is 372. The van der Waals surface area contributed by atoms with Crippen molar-refractivity contribution in [1.29, 1.82) is 0 Å². The van der Waals surface area contributed by atoms with Crippen molar-refractivity contribution in [2.75, 3.05) is 4.90 Å². The molecule has 1 unspecified atom stereocenters. The van der Waals surface area contributed by atoms with Crippen LogP contribution in [0.15, 0.2) is 42.8 Å². The van der Waals surface area contributed by atoms with Gasteiger partial charge in [-0.3, -0.25) is 0 Å². The van der Waals surface area contributed by atoms with Gasteiger partial charge in [0.2, 0.25) is 0 Å². The number of nitrogens with zero attached hydrogens (tertiary/aromatic N) is 2. The molecule has 1 aliphatic heterocycles. The van der Waals surface area contributed by atoms with E-state index in [9.17, 15) is 4.39 Å². The molecule has 0 amide bonds. The van der Waals surface area contributed by atoms with E-state index in [-0.39, 0.29) is 10.8 Å². The lowest BCUT2D eigenvalue weighted by Gasteiger charge is -2.24. The second-order valence-corrected chi connectivity index (χ2v) is 3.78. The molecule has 2 rings (SSSR count). The molecule has 0 fully saturated rings. The van der Waals surface area contributed by atoms with Gasteiger partial charge in [0.1, 0.15) is 16.6 Å². The Morgan fingerprint density at radius 3 is 2.86 bits per heavy atom. The van der Waals surface area contributed by atoms with Gasteiger partial charge in [-0.1, -0.05) is 28.1 Å². The molecular weight excluding hydrogens is 247 g/mol. The van der Waals surface area contributed by atoms with Crippen molar-refractivity contribution in [3.8, 4) is 0 Å². The summed E-state index contributed by atoms with van der Waals surface area (Å²) in [6.45, 7) is 0. The number of alkyl halides is 1. The first-order chi connectivity index (χ1) is 6.77. The van der Waals surface area contributed by atoms with Crippen LogP contribution in [-0.4, -0.2) is 9.94 Å². The van der Waals surface area contributed by atoms with Gasteiger partial charge in [-0.2, -0.15) is 0 Å². The average molecular weight is 255 g/mol. The lowest BCUT2D eigenvalue weighted by molar-refractivity contribution is 0.621. The van der Waals surface area contributed by atoms with Crippen molar-refractivity contribution in [2.45, 2.75) is 4.95 Å². The van der Waals surface area contributed by atoms with Crippen LogP contribution >= 0.6 is 15.9 Å². The standard InChI is InChI=1S/C10H8BrFN2/c11-9-3-1-2-6-14(9)10-5-4-8(12)7-13-10/h1-7,9H. The van der Waals surface area contributed by atoms with Gasteiger partial charge in [0, 0.05) is 6.20 Å². The zero-order valence-electron chi connectivity index (χ0n) is 7.27. The minimum absolute atomic E-state index is 0.0745. The van der Waals surface area contributed by atoms with E-state index >= 15 is 0 Å². The first-order valence-corrected chi connectivity index (χ1v) is 5.08. The fourth-order valence-corrected chi connectivity index (χ4v) is 1.72. The van der Waals surface area contributed by atoms with Crippen molar-refractivity contribution >= 4 is 21.7 Å². The second-order valence-electron chi connectivity index (χ2n) is 2.84. The smallest absolute Gasteiger partial charge is 0.141 e. The molecule has 0 radical (unpaired) electrons. The van der Waals surface area contributed by atoms with E-state index in [1.807, 2.05) is 29.3 Å². The van der Waals surface area contributed by atoms with Crippen LogP contribution < -0.4 is 4.90 Å². The highest BCUT2D eigenvalue weighted by Crippen LogP contribution is 2.21. The molecular formula is C10H8BrFN2. The normalized spacial score (nSPS) is 20.1. The molecule has 1 atom stereocenters. The summed E-state index contributed by atoms with van der Waals surface area (Å²) in [7, 11) is 0. The van der Waals surface area contributed by atoms with Gasteiger partial charge >= 0.3 is 0 Å². The molecule has 0 bridgehead atoms. The summed E-state index contributed by atoms with van der Waals surface area (Å²) in [5.41, 5.74) is 0. The van der Waals surface area contributed by atoms with Gasteiger partial charge in [-0.15, -0.1) is 0 Å². The molecule has 2 nitrogen and oxygen atoms in total. The molecule has 0 saturated carbocycles. The number of anilines is 1. The van der Waals surface area contributed by atoms with E-state index in [4.69, 9.17) is 0 Å². The topological polar surface area (TPSA) is 16.1 Å². The molecule has 1 aromatic heterocycles. The van der Waals surface area contributed by atoms with Gasteiger partial charge in [-0.25, -0.2) is 9.37 Å². The highest BCUT2D eigenvalue weighted by atomic mass is 79.9. The third-order valence-electron chi connectivity index (χ3n) is 1.87. The molecule has 72 valence electrons. The van der Waals surface area contributed by atoms with Crippen molar-refractivity contribution in [1.82, 2.24) is 4.98 Å². The first-order valence-electron chi connectivity index (χ1n) is 4.16. The van der Waals surface area contributed by atoms with Crippen LogP contribution in [0.25, 0.3) is 0 Å². The Morgan fingerprint density at radius 1 is 1.36 bits per heavy atom. The summed E-state index contributed by atoms with van der Waals surface area (Å²) >= 11 is 3.46. The van der Waals surface area contributed by atoms with Crippen molar-refractivity contribution in [2.24, 2.45) is 0 Å². The highest BCUT2D eigenvalue weighted by Gasteiger charge is 2.13. The van der Waals surface area contributed by atoms with Crippen molar-refractivity contribution in [3.63, 3.8) is 0 Å². The third-order valence-corrected chi connectivity index (χ3v) is 2.62. The Hall–Kier alpha value is -1.16. The van der Waals surface area contributed by atoms with Crippen LogP contribution in [-0.2, 0) is 0 Å². The van der Waals surface area contributed by atoms with Crippen LogP contribution in [0.1, 0.15) is 0 Å². The number of pyridine rings is 1. The number of hydrogen-bond acceptors (Lipinski definition) is 2. The molecule has 2 heterocycles. The molecule has 4 heteroatoms. The summed E-state index contributed by atoms with van der Waals surface area (Å²) in [5, 5.41) is 0. The average Bonchev–Trinajstić information content (AvgIpc) is 2.20.